The second-order valence-electron chi connectivity index (χ2n) is 4.77. The molecular formula is C13H17N3O2S. The average Bonchev–Trinajstić information content (AvgIpc) is 2.74. The zero-order valence-corrected chi connectivity index (χ0v) is 11.9. The number of carbonyl (C=O) groups excluding carboxylic acids is 1. The summed E-state index contributed by atoms with van der Waals surface area (Å²) < 4.78 is 5.63. The van der Waals surface area contributed by atoms with Crippen LogP contribution in [0, 0.1) is 11.3 Å². The second kappa shape index (κ2) is 6.15. The van der Waals surface area contributed by atoms with Crippen LogP contribution in [-0.4, -0.2) is 42.6 Å². The third-order valence-electron chi connectivity index (χ3n) is 2.90. The van der Waals surface area contributed by atoms with Crippen molar-refractivity contribution in [2.75, 3.05) is 25.0 Å². The minimum absolute atomic E-state index is 0.0831. The van der Waals surface area contributed by atoms with Gasteiger partial charge in [-0.1, -0.05) is 0 Å². The lowest BCUT2D eigenvalue weighted by atomic mass is 10.2. The fourth-order valence-electron chi connectivity index (χ4n) is 2.28. The van der Waals surface area contributed by atoms with Gasteiger partial charge in [0.25, 0.3) is 0 Å². The SMILES string of the molecule is CC1CN(CC(=O)Nc2sccc2C#N)CC(C)O1. The summed E-state index contributed by atoms with van der Waals surface area (Å²) in [4.78, 5) is 14.0. The van der Waals surface area contributed by atoms with Crippen molar-refractivity contribution < 1.29 is 9.53 Å². The maximum absolute atomic E-state index is 12.0. The van der Waals surface area contributed by atoms with E-state index in [2.05, 4.69) is 16.3 Å². The number of ether oxygens (including phenoxy) is 1. The summed E-state index contributed by atoms with van der Waals surface area (Å²) in [6, 6.07) is 3.77. The van der Waals surface area contributed by atoms with Gasteiger partial charge in [0.15, 0.2) is 0 Å². The summed E-state index contributed by atoms with van der Waals surface area (Å²) in [7, 11) is 0. The minimum atomic E-state index is -0.0831. The smallest absolute Gasteiger partial charge is 0.239 e. The number of nitrogens with one attached hydrogen (secondary N) is 1. The van der Waals surface area contributed by atoms with Crippen LogP contribution in [0.5, 0.6) is 0 Å². The molecule has 5 nitrogen and oxygen atoms in total. The number of thiophene rings is 1. The first-order valence-electron chi connectivity index (χ1n) is 6.23. The van der Waals surface area contributed by atoms with E-state index < -0.39 is 0 Å². The maximum atomic E-state index is 12.0. The number of carbonyl (C=O) groups is 1. The van der Waals surface area contributed by atoms with Crippen LogP contribution in [0.1, 0.15) is 19.4 Å². The molecule has 2 rings (SSSR count). The second-order valence-corrected chi connectivity index (χ2v) is 5.69. The molecular weight excluding hydrogens is 262 g/mol. The number of hydrogen-bond donors (Lipinski definition) is 1. The molecule has 0 bridgehead atoms. The first-order chi connectivity index (χ1) is 9.08. The van der Waals surface area contributed by atoms with E-state index in [-0.39, 0.29) is 18.1 Å². The van der Waals surface area contributed by atoms with Gasteiger partial charge in [-0.25, -0.2) is 0 Å². The van der Waals surface area contributed by atoms with E-state index in [0.29, 0.717) is 17.1 Å². The largest absolute Gasteiger partial charge is 0.373 e. The van der Waals surface area contributed by atoms with Crippen LogP contribution in [-0.2, 0) is 9.53 Å². The van der Waals surface area contributed by atoms with Crippen molar-refractivity contribution in [3.05, 3.63) is 17.0 Å². The molecule has 2 atom stereocenters. The topological polar surface area (TPSA) is 65.4 Å². The fraction of sp³-hybridized carbons (Fsp3) is 0.538. The summed E-state index contributed by atoms with van der Waals surface area (Å²) in [5.41, 5.74) is 0.516. The van der Waals surface area contributed by atoms with Gasteiger partial charge >= 0.3 is 0 Å². The molecule has 1 aliphatic heterocycles. The minimum Gasteiger partial charge on any atom is -0.373 e. The highest BCUT2D eigenvalue weighted by Crippen LogP contribution is 2.22. The van der Waals surface area contributed by atoms with Crippen molar-refractivity contribution in [1.29, 1.82) is 5.26 Å². The molecule has 1 aromatic rings. The van der Waals surface area contributed by atoms with Crippen LogP contribution < -0.4 is 5.32 Å². The van der Waals surface area contributed by atoms with Crippen LogP contribution in [0.25, 0.3) is 0 Å². The molecule has 0 radical (unpaired) electrons. The predicted molar refractivity (Wildman–Crippen MR) is 74.1 cm³/mol. The molecule has 2 unspecified atom stereocenters. The molecule has 0 saturated carbocycles. The van der Waals surface area contributed by atoms with E-state index >= 15 is 0 Å². The number of anilines is 1. The number of amides is 1. The molecule has 2 heterocycles. The Morgan fingerprint density at radius 2 is 2.26 bits per heavy atom. The van der Waals surface area contributed by atoms with Crippen molar-refractivity contribution in [2.45, 2.75) is 26.1 Å². The molecule has 1 fully saturated rings. The Balaban J connectivity index is 1.89. The number of rotatable bonds is 3. The van der Waals surface area contributed by atoms with Crippen LogP contribution in [0.2, 0.25) is 0 Å². The normalized spacial score (nSPS) is 23.8. The van der Waals surface area contributed by atoms with Crippen LogP contribution in [0.3, 0.4) is 0 Å². The Hall–Kier alpha value is -1.42. The van der Waals surface area contributed by atoms with Gasteiger partial charge in [-0.3, -0.25) is 9.69 Å². The quantitative estimate of drug-likeness (QED) is 0.914. The van der Waals surface area contributed by atoms with Gasteiger partial charge in [0.1, 0.15) is 11.1 Å². The molecule has 0 aromatic carbocycles. The van der Waals surface area contributed by atoms with Crippen molar-refractivity contribution in [2.24, 2.45) is 0 Å². The Kier molecular flexibility index (Phi) is 4.53. The molecule has 1 aliphatic rings. The lowest BCUT2D eigenvalue weighted by molar-refractivity contribution is -0.121. The number of morpholine rings is 1. The zero-order chi connectivity index (χ0) is 13.8. The van der Waals surface area contributed by atoms with Crippen LogP contribution in [0.15, 0.2) is 11.4 Å². The third-order valence-corrected chi connectivity index (χ3v) is 3.73. The van der Waals surface area contributed by atoms with Crippen LogP contribution in [0.4, 0.5) is 5.00 Å². The maximum Gasteiger partial charge on any atom is 0.239 e. The Labute approximate surface area is 116 Å². The molecule has 19 heavy (non-hydrogen) atoms. The summed E-state index contributed by atoms with van der Waals surface area (Å²) in [5.74, 6) is -0.0831. The summed E-state index contributed by atoms with van der Waals surface area (Å²) in [5, 5.41) is 14.1. The van der Waals surface area contributed by atoms with Gasteiger partial charge < -0.3 is 10.1 Å². The Bertz CT molecular complexity index is 484. The molecule has 1 aromatic heterocycles. The van der Waals surface area contributed by atoms with Gasteiger partial charge in [-0.05, 0) is 25.3 Å². The number of nitrogens with zero attached hydrogens (tertiary/aromatic N) is 2. The first kappa shape index (κ1) is 14.0. The van der Waals surface area contributed by atoms with Gasteiger partial charge in [-0.2, -0.15) is 5.26 Å². The van der Waals surface area contributed by atoms with E-state index in [1.54, 1.807) is 11.4 Å². The first-order valence-corrected chi connectivity index (χ1v) is 7.11. The van der Waals surface area contributed by atoms with Crippen molar-refractivity contribution in [3.8, 4) is 6.07 Å². The third kappa shape index (κ3) is 3.77. The summed E-state index contributed by atoms with van der Waals surface area (Å²) >= 11 is 1.37. The summed E-state index contributed by atoms with van der Waals surface area (Å²) in [6.45, 7) is 5.86. The van der Waals surface area contributed by atoms with Gasteiger partial charge in [0.2, 0.25) is 5.91 Å². The predicted octanol–water partition coefficient (Wildman–Crippen LogP) is 1.67. The Morgan fingerprint density at radius 1 is 1.58 bits per heavy atom. The lowest BCUT2D eigenvalue weighted by Crippen LogP contribution is -2.48. The monoisotopic (exact) mass is 279 g/mol. The highest BCUT2D eigenvalue weighted by molar-refractivity contribution is 7.14. The fourth-order valence-corrected chi connectivity index (χ4v) is 3.03. The van der Waals surface area contributed by atoms with Crippen molar-refractivity contribution in [3.63, 3.8) is 0 Å². The summed E-state index contributed by atoms with van der Waals surface area (Å²) in [6.07, 6.45) is 0.293. The van der Waals surface area contributed by atoms with Gasteiger partial charge in [0, 0.05) is 13.1 Å². The highest BCUT2D eigenvalue weighted by atomic mass is 32.1. The van der Waals surface area contributed by atoms with Gasteiger partial charge in [0.05, 0.1) is 24.3 Å². The Morgan fingerprint density at radius 3 is 2.89 bits per heavy atom. The standard InChI is InChI=1S/C13H17N3O2S/c1-9-6-16(7-10(2)18-9)8-12(17)15-13-11(5-14)3-4-19-13/h3-4,9-10H,6-8H2,1-2H3,(H,15,17). The molecule has 1 amide bonds. The molecule has 1 saturated heterocycles. The van der Waals surface area contributed by atoms with E-state index in [0.717, 1.165) is 13.1 Å². The van der Waals surface area contributed by atoms with E-state index in [1.807, 2.05) is 13.8 Å². The van der Waals surface area contributed by atoms with Crippen LogP contribution >= 0.6 is 11.3 Å². The van der Waals surface area contributed by atoms with Gasteiger partial charge in [-0.15, -0.1) is 11.3 Å². The molecule has 6 heteroatoms. The van der Waals surface area contributed by atoms with Crippen molar-refractivity contribution in [1.82, 2.24) is 4.90 Å². The molecule has 102 valence electrons. The molecule has 0 spiro atoms. The number of hydrogen-bond acceptors (Lipinski definition) is 5. The zero-order valence-electron chi connectivity index (χ0n) is 11.0. The molecule has 1 N–H and O–H groups in total. The van der Waals surface area contributed by atoms with E-state index in [1.165, 1.54) is 11.3 Å². The molecule has 0 aliphatic carbocycles. The number of nitriles is 1. The van der Waals surface area contributed by atoms with Crippen molar-refractivity contribution >= 4 is 22.2 Å². The lowest BCUT2D eigenvalue weighted by Gasteiger charge is -2.34. The van der Waals surface area contributed by atoms with E-state index in [4.69, 9.17) is 10.00 Å². The highest BCUT2D eigenvalue weighted by Gasteiger charge is 2.23. The van der Waals surface area contributed by atoms with E-state index in [9.17, 15) is 4.79 Å². The average molecular weight is 279 g/mol.